The summed E-state index contributed by atoms with van der Waals surface area (Å²) in [6.45, 7) is 0. The molecule has 0 aromatic rings. The molecule has 0 saturated carbocycles. The molecule has 0 atom stereocenters. The summed E-state index contributed by atoms with van der Waals surface area (Å²) >= 11 is 0. The maximum absolute atomic E-state index is 8.55. The quantitative estimate of drug-likeness (QED) is 0.305. The summed E-state index contributed by atoms with van der Waals surface area (Å²) in [6.07, 6.45) is 0. The fraction of sp³-hybridized carbons (Fsp3) is 0. The third-order valence-electron chi connectivity index (χ3n) is 0. The molecule has 0 amide bonds. The van der Waals surface area contributed by atoms with Gasteiger partial charge in [-0.25, -0.2) is 0 Å². The van der Waals surface area contributed by atoms with Crippen molar-refractivity contribution in [2.24, 2.45) is 0 Å². The topological polar surface area (TPSA) is 307 Å². The molecule has 14 N–H and O–H groups in total. The van der Waals surface area contributed by atoms with E-state index >= 15 is 0 Å². The van der Waals surface area contributed by atoms with Crippen molar-refractivity contribution in [2.75, 3.05) is 0 Å². The summed E-state index contributed by atoms with van der Waals surface area (Å²) in [6, 6.07) is 0. The van der Waals surface area contributed by atoms with Crippen molar-refractivity contribution in [2.45, 2.75) is 0 Å². The molecule has 0 aliphatic rings. The largest absolute Gasteiger partial charge is 2.00 e. The van der Waals surface area contributed by atoms with Crippen LogP contribution in [-0.2, 0) is 4.57 Å². The Hall–Kier alpha value is 1.36. The molecule has 0 aromatic carbocycles. The Labute approximate surface area is 111 Å². The first kappa shape index (κ1) is 110. The second-order valence-corrected chi connectivity index (χ2v) is 1.34. The molecule has 0 aliphatic carbocycles. The van der Waals surface area contributed by atoms with E-state index in [9.17, 15) is 0 Å². The smallest absolute Gasteiger partial charge is 0.822 e. The van der Waals surface area contributed by atoms with E-state index in [0.29, 0.717) is 0 Å². The molecule has 0 rings (SSSR count). The van der Waals surface area contributed by atoms with Crippen LogP contribution in [0, 0.1) is 0 Å². The van der Waals surface area contributed by atoms with Crippen LogP contribution in [0.15, 0.2) is 0 Å². The fourth-order valence-electron chi connectivity index (χ4n) is 0. The first-order valence-corrected chi connectivity index (χ1v) is 2.19. The van der Waals surface area contributed by atoms with Crippen LogP contribution in [0.2, 0.25) is 0 Å². The minimum Gasteiger partial charge on any atom is -0.822 e. The summed E-state index contributed by atoms with van der Waals surface area (Å²) in [5, 5.41) is 0. The van der Waals surface area contributed by atoms with Crippen molar-refractivity contribution in [1.29, 1.82) is 0 Å². The van der Waals surface area contributed by atoms with Crippen LogP contribution >= 0.6 is 7.82 Å². The zero-order valence-corrected chi connectivity index (χ0v) is 10.7. The number of hydrogen-bond acceptors (Lipinski definition) is 4. The third-order valence-corrected chi connectivity index (χ3v) is 0. The number of phosphoric acid groups is 1. The van der Waals surface area contributed by atoms with Gasteiger partial charge in [-0.3, -0.25) is 0 Å². The predicted octanol–water partition coefficient (Wildman–Crippen LogP) is -9.36. The van der Waals surface area contributed by atoms with Crippen molar-refractivity contribution < 1.29 is 57.6 Å². The first-order chi connectivity index (χ1) is 2.00. The molecule has 0 aliphatic heterocycles. The average molecular weight is 270 g/mol. The van der Waals surface area contributed by atoms with Crippen LogP contribution < -0.4 is 14.7 Å². The Kier molecular flexibility index (Phi) is 372. The molecule has 0 aromatic heterocycles. The van der Waals surface area contributed by atoms with Gasteiger partial charge in [0.25, 0.3) is 0 Å². The van der Waals surface area contributed by atoms with Crippen LogP contribution in [0.25, 0.3) is 0 Å². The standard InChI is InChI=1S/2Mg.H3O4P.7H2O/c;;1-5(2,3)4;;;;;;;/h;;(H3,1,2,3,4);7*1H2/q2*+2;;;;;;;;/p-3. The van der Waals surface area contributed by atoms with E-state index in [1.165, 1.54) is 0 Å². The molecule has 88 valence electrons. The van der Waals surface area contributed by atoms with Crippen LogP contribution in [0.5, 0.6) is 0 Å². The van der Waals surface area contributed by atoms with E-state index in [1.807, 2.05) is 0 Å². The molecule has 0 saturated heterocycles. The van der Waals surface area contributed by atoms with E-state index in [2.05, 4.69) is 0 Å². The summed E-state index contributed by atoms with van der Waals surface area (Å²) in [5.41, 5.74) is 0. The van der Waals surface area contributed by atoms with E-state index < -0.39 is 7.82 Å². The average Bonchev–Trinajstić information content (AvgIpc) is 0.722. The molecular weight excluding hydrogens is 256 g/mol. The monoisotopic (exact) mass is 269 g/mol. The van der Waals surface area contributed by atoms with Crippen LogP contribution in [0.4, 0.5) is 0 Å². The number of rotatable bonds is 0. The van der Waals surface area contributed by atoms with Gasteiger partial charge in [0.2, 0.25) is 0 Å². The second-order valence-electron chi connectivity index (χ2n) is 0.447. The van der Waals surface area contributed by atoms with Gasteiger partial charge < -0.3 is 57.6 Å². The van der Waals surface area contributed by atoms with E-state index in [-0.39, 0.29) is 84.4 Å². The Morgan fingerprint density at radius 3 is 0.571 bits per heavy atom. The van der Waals surface area contributed by atoms with Crippen molar-refractivity contribution in [3.05, 3.63) is 0 Å². The van der Waals surface area contributed by atoms with Gasteiger partial charge in [-0.1, -0.05) is 0 Å². The summed E-state index contributed by atoms with van der Waals surface area (Å²) < 4.78 is 8.55. The summed E-state index contributed by atoms with van der Waals surface area (Å²) in [5.74, 6) is 0. The van der Waals surface area contributed by atoms with Gasteiger partial charge in [0.15, 0.2) is 0 Å². The van der Waals surface area contributed by atoms with Crippen molar-refractivity contribution >= 4 is 53.9 Å². The minimum atomic E-state index is -5.39. The third kappa shape index (κ3) is 1100. The van der Waals surface area contributed by atoms with Crippen molar-refractivity contribution in [3.8, 4) is 0 Å². The Morgan fingerprint density at radius 1 is 0.571 bits per heavy atom. The van der Waals surface area contributed by atoms with E-state index in [4.69, 9.17) is 19.2 Å². The minimum absolute atomic E-state index is 0. The van der Waals surface area contributed by atoms with E-state index in [1.54, 1.807) is 0 Å². The molecule has 0 bridgehead atoms. The molecular formula is H14Mg2O11P+. The molecule has 0 unspecified atom stereocenters. The number of hydrogen-bond donors (Lipinski definition) is 0. The Balaban J connectivity index is -0.00000000222. The summed E-state index contributed by atoms with van der Waals surface area (Å²) in [4.78, 5) is 25.6. The molecule has 0 heterocycles. The first-order valence-electron chi connectivity index (χ1n) is 0.730. The van der Waals surface area contributed by atoms with E-state index in [0.717, 1.165) is 0 Å². The zero-order valence-electron chi connectivity index (χ0n) is 6.99. The van der Waals surface area contributed by atoms with Crippen LogP contribution in [0.1, 0.15) is 0 Å². The Bertz CT molecular complexity index is 59.4. The molecule has 14 heavy (non-hydrogen) atoms. The summed E-state index contributed by atoms with van der Waals surface area (Å²) in [7, 11) is -5.39. The Morgan fingerprint density at radius 2 is 0.571 bits per heavy atom. The SMILES string of the molecule is O.O.O.O.O.O.O.O=P([O-])([O-])[O-].[Mg+2].[Mg+2]. The van der Waals surface area contributed by atoms with Crippen LogP contribution in [-0.4, -0.2) is 84.4 Å². The van der Waals surface area contributed by atoms with Crippen LogP contribution in [0.3, 0.4) is 0 Å². The van der Waals surface area contributed by atoms with Gasteiger partial charge in [0.05, 0.1) is 0 Å². The van der Waals surface area contributed by atoms with Gasteiger partial charge in [-0.15, -0.1) is 0 Å². The maximum atomic E-state index is 8.55. The molecule has 0 fully saturated rings. The molecule has 11 nitrogen and oxygen atoms in total. The van der Waals surface area contributed by atoms with Gasteiger partial charge >= 0.3 is 46.1 Å². The molecule has 0 radical (unpaired) electrons. The molecule has 0 spiro atoms. The van der Waals surface area contributed by atoms with Crippen molar-refractivity contribution in [1.82, 2.24) is 0 Å². The van der Waals surface area contributed by atoms with Crippen molar-refractivity contribution in [3.63, 3.8) is 0 Å². The zero-order chi connectivity index (χ0) is 4.50. The molecule has 14 heteroatoms. The van der Waals surface area contributed by atoms with Gasteiger partial charge in [0, 0.05) is 0 Å². The van der Waals surface area contributed by atoms with Gasteiger partial charge in [-0.2, -0.15) is 7.82 Å². The second kappa shape index (κ2) is 47.3. The van der Waals surface area contributed by atoms with Gasteiger partial charge in [0.1, 0.15) is 0 Å². The predicted molar refractivity (Wildman–Crippen MR) is 44.4 cm³/mol. The van der Waals surface area contributed by atoms with Gasteiger partial charge in [-0.05, 0) is 0 Å². The fourth-order valence-corrected chi connectivity index (χ4v) is 0. The maximum Gasteiger partial charge on any atom is 2.00 e. The normalized spacial score (nSPS) is 4.21.